The van der Waals surface area contributed by atoms with E-state index in [4.69, 9.17) is 5.73 Å². The van der Waals surface area contributed by atoms with Gasteiger partial charge in [0, 0.05) is 6.04 Å². The number of rotatable bonds is 3. The van der Waals surface area contributed by atoms with Crippen molar-refractivity contribution in [2.24, 2.45) is 5.73 Å². The zero-order chi connectivity index (χ0) is 13.2. The number of nitrogens with zero attached hydrogens (tertiary/aromatic N) is 3. The minimum absolute atomic E-state index is 0.0549. The smallest absolute Gasteiger partial charge is 0.137 e. The molecule has 4 nitrogen and oxygen atoms in total. The first-order valence-corrected chi connectivity index (χ1v) is 6.15. The van der Waals surface area contributed by atoms with Crippen molar-refractivity contribution >= 4 is 0 Å². The molecule has 0 aliphatic carbocycles. The maximum atomic E-state index is 6.16. The Morgan fingerprint density at radius 1 is 1.22 bits per heavy atom. The Hall–Kier alpha value is -1.68. The first-order valence-electron chi connectivity index (χ1n) is 6.15. The molecule has 1 unspecified atom stereocenters. The molecular weight excluding hydrogens is 224 g/mol. The summed E-state index contributed by atoms with van der Waals surface area (Å²) in [4.78, 5) is 3.91. The molecule has 0 amide bonds. The number of hydrogen-bond acceptors (Lipinski definition) is 3. The molecule has 0 saturated heterocycles. The lowest BCUT2D eigenvalue weighted by Gasteiger charge is -2.20. The molecule has 2 N–H and O–H groups in total. The maximum absolute atomic E-state index is 6.16. The highest BCUT2D eigenvalue weighted by Gasteiger charge is 2.14. The third kappa shape index (κ3) is 2.96. The summed E-state index contributed by atoms with van der Waals surface area (Å²) < 4.78 is 1.75. The normalized spacial score (nSPS) is 13.6. The van der Waals surface area contributed by atoms with Crippen LogP contribution >= 0.6 is 0 Å². The van der Waals surface area contributed by atoms with Crippen LogP contribution < -0.4 is 5.73 Å². The maximum Gasteiger partial charge on any atom is 0.137 e. The molecule has 2 aromatic rings. The van der Waals surface area contributed by atoms with Crippen molar-refractivity contribution in [2.45, 2.75) is 38.8 Å². The quantitative estimate of drug-likeness (QED) is 0.901. The Morgan fingerprint density at radius 2 is 1.89 bits per heavy atom. The fourth-order valence-electron chi connectivity index (χ4n) is 1.86. The standard InChI is InChI=1S/C14H20N4/c1-14(2,3)12-6-4-11(5-7-12)13(15)8-18-10-16-9-17-18/h4-7,9-10,13H,8,15H2,1-3H3. The van der Waals surface area contributed by atoms with Gasteiger partial charge in [-0.15, -0.1) is 0 Å². The van der Waals surface area contributed by atoms with Gasteiger partial charge in [0.25, 0.3) is 0 Å². The number of aromatic nitrogens is 3. The lowest BCUT2D eigenvalue weighted by Crippen LogP contribution is -2.18. The largest absolute Gasteiger partial charge is 0.322 e. The molecular formula is C14H20N4. The summed E-state index contributed by atoms with van der Waals surface area (Å²) in [6.07, 6.45) is 3.21. The molecule has 0 radical (unpaired) electrons. The predicted molar refractivity (Wildman–Crippen MR) is 72.1 cm³/mol. The second-order valence-corrected chi connectivity index (χ2v) is 5.60. The van der Waals surface area contributed by atoms with Gasteiger partial charge in [0.2, 0.25) is 0 Å². The van der Waals surface area contributed by atoms with E-state index in [0.29, 0.717) is 6.54 Å². The molecule has 18 heavy (non-hydrogen) atoms. The molecule has 0 saturated carbocycles. The minimum Gasteiger partial charge on any atom is -0.322 e. The van der Waals surface area contributed by atoms with E-state index in [9.17, 15) is 0 Å². The Labute approximate surface area is 108 Å². The molecule has 0 spiro atoms. The second kappa shape index (κ2) is 4.90. The van der Waals surface area contributed by atoms with Gasteiger partial charge in [-0.2, -0.15) is 5.10 Å². The molecule has 1 aromatic heterocycles. The highest BCUT2D eigenvalue weighted by molar-refractivity contribution is 5.29. The third-order valence-electron chi connectivity index (χ3n) is 3.06. The predicted octanol–water partition coefficient (Wildman–Crippen LogP) is 2.28. The highest BCUT2D eigenvalue weighted by atomic mass is 15.3. The van der Waals surface area contributed by atoms with E-state index >= 15 is 0 Å². The van der Waals surface area contributed by atoms with Crippen molar-refractivity contribution in [3.63, 3.8) is 0 Å². The van der Waals surface area contributed by atoms with Gasteiger partial charge in [-0.25, -0.2) is 4.98 Å². The highest BCUT2D eigenvalue weighted by Crippen LogP contribution is 2.23. The van der Waals surface area contributed by atoms with Crippen LogP contribution in [0.3, 0.4) is 0 Å². The molecule has 4 heteroatoms. The monoisotopic (exact) mass is 244 g/mol. The van der Waals surface area contributed by atoms with Crippen LogP contribution in [0, 0.1) is 0 Å². The van der Waals surface area contributed by atoms with Crippen LogP contribution in [0.25, 0.3) is 0 Å². The topological polar surface area (TPSA) is 56.7 Å². The van der Waals surface area contributed by atoms with E-state index in [1.807, 2.05) is 0 Å². The summed E-state index contributed by atoms with van der Waals surface area (Å²) in [7, 11) is 0. The average Bonchev–Trinajstić information content (AvgIpc) is 2.81. The van der Waals surface area contributed by atoms with Crippen LogP contribution in [0.5, 0.6) is 0 Å². The molecule has 1 heterocycles. The van der Waals surface area contributed by atoms with Crippen molar-refractivity contribution in [1.29, 1.82) is 0 Å². The molecule has 96 valence electrons. The van der Waals surface area contributed by atoms with Crippen LogP contribution in [-0.2, 0) is 12.0 Å². The fourth-order valence-corrected chi connectivity index (χ4v) is 1.86. The second-order valence-electron chi connectivity index (χ2n) is 5.60. The van der Waals surface area contributed by atoms with E-state index in [2.05, 4.69) is 55.1 Å². The zero-order valence-electron chi connectivity index (χ0n) is 11.2. The third-order valence-corrected chi connectivity index (χ3v) is 3.06. The van der Waals surface area contributed by atoms with Crippen LogP contribution in [0.2, 0.25) is 0 Å². The molecule has 0 aliphatic heterocycles. The molecule has 1 atom stereocenters. The van der Waals surface area contributed by atoms with Crippen molar-refractivity contribution in [3.05, 3.63) is 48.0 Å². The Balaban J connectivity index is 2.10. The minimum atomic E-state index is -0.0549. The van der Waals surface area contributed by atoms with E-state index < -0.39 is 0 Å². The summed E-state index contributed by atoms with van der Waals surface area (Å²) >= 11 is 0. The first kappa shape index (κ1) is 12.8. The summed E-state index contributed by atoms with van der Waals surface area (Å²) in [5.74, 6) is 0. The summed E-state index contributed by atoms with van der Waals surface area (Å²) in [5, 5.41) is 4.06. The van der Waals surface area contributed by atoms with Crippen molar-refractivity contribution in [1.82, 2.24) is 14.8 Å². The van der Waals surface area contributed by atoms with Gasteiger partial charge in [0.1, 0.15) is 12.7 Å². The fraction of sp³-hybridized carbons (Fsp3) is 0.429. The summed E-state index contributed by atoms with van der Waals surface area (Å²) in [5.41, 5.74) is 8.77. The lowest BCUT2D eigenvalue weighted by molar-refractivity contribution is 0.525. The van der Waals surface area contributed by atoms with Gasteiger partial charge in [-0.05, 0) is 16.5 Å². The molecule has 0 bridgehead atoms. The van der Waals surface area contributed by atoms with Crippen LogP contribution in [0.1, 0.15) is 37.9 Å². The van der Waals surface area contributed by atoms with Crippen molar-refractivity contribution in [3.8, 4) is 0 Å². The van der Waals surface area contributed by atoms with Gasteiger partial charge >= 0.3 is 0 Å². The number of benzene rings is 1. The summed E-state index contributed by atoms with van der Waals surface area (Å²) in [6, 6.07) is 8.44. The Kier molecular flexibility index (Phi) is 3.48. The first-order chi connectivity index (χ1) is 8.47. The number of hydrogen-bond donors (Lipinski definition) is 1. The van der Waals surface area contributed by atoms with E-state index in [1.54, 1.807) is 11.0 Å². The van der Waals surface area contributed by atoms with E-state index in [0.717, 1.165) is 5.56 Å². The van der Waals surface area contributed by atoms with Gasteiger partial charge in [-0.3, -0.25) is 4.68 Å². The van der Waals surface area contributed by atoms with Gasteiger partial charge in [-0.1, -0.05) is 45.0 Å². The molecule has 2 rings (SSSR count). The number of nitrogens with two attached hydrogens (primary N) is 1. The Morgan fingerprint density at radius 3 is 2.39 bits per heavy atom. The van der Waals surface area contributed by atoms with Crippen LogP contribution in [-0.4, -0.2) is 14.8 Å². The molecule has 0 fully saturated rings. The van der Waals surface area contributed by atoms with E-state index in [-0.39, 0.29) is 11.5 Å². The zero-order valence-corrected chi connectivity index (χ0v) is 11.2. The van der Waals surface area contributed by atoms with Crippen molar-refractivity contribution in [2.75, 3.05) is 0 Å². The molecule has 0 aliphatic rings. The lowest BCUT2D eigenvalue weighted by atomic mass is 9.86. The van der Waals surface area contributed by atoms with Gasteiger partial charge in [0.05, 0.1) is 6.54 Å². The average molecular weight is 244 g/mol. The van der Waals surface area contributed by atoms with Gasteiger partial charge in [0.15, 0.2) is 0 Å². The molecule has 1 aromatic carbocycles. The van der Waals surface area contributed by atoms with Gasteiger partial charge < -0.3 is 5.73 Å². The van der Waals surface area contributed by atoms with Crippen molar-refractivity contribution < 1.29 is 0 Å². The van der Waals surface area contributed by atoms with Crippen LogP contribution in [0.4, 0.5) is 0 Å². The summed E-state index contributed by atoms with van der Waals surface area (Å²) in [6.45, 7) is 7.26. The Bertz CT molecular complexity index is 480. The van der Waals surface area contributed by atoms with E-state index in [1.165, 1.54) is 11.9 Å². The SMILES string of the molecule is CC(C)(C)c1ccc(C(N)Cn2cncn2)cc1. The van der Waals surface area contributed by atoms with Crippen LogP contribution in [0.15, 0.2) is 36.9 Å².